The van der Waals surface area contributed by atoms with Crippen LogP contribution in [0.15, 0.2) is 61.1 Å². The number of carbonyl (C=O) groups is 4. The van der Waals surface area contributed by atoms with E-state index < -0.39 is 42.0 Å². The number of rotatable bonds is 13. The van der Waals surface area contributed by atoms with Crippen molar-refractivity contribution in [3.05, 3.63) is 77.9 Å². The SMILES string of the molecule is O=C(O)C(Cc1ccc(O)cc1)NC(=O)C(Cc1cnc[nH]1)NC(=O)C(Cc1ccc(O)cc1)NC(=O)C1CCCN1. The van der Waals surface area contributed by atoms with Gasteiger partial charge in [0.2, 0.25) is 17.7 Å². The van der Waals surface area contributed by atoms with Crippen LogP contribution in [0, 0.1) is 0 Å². The number of nitrogens with zero attached hydrogens (tertiary/aromatic N) is 1. The van der Waals surface area contributed by atoms with Crippen molar-refractivity contribution in [3.63, 3.8) is 0 Å². The van der Waals surface area contributed by atoms with Crippen molar-refractivity contribution in [2.75, 3.05) is 6.54 Å². The van der Waals surface area contributed by atoms with Crippen LogP contribution in [-0.2, 0) is 38.4 Å². The summed E-state index contributed by atoms with van der Waals surface area (Å²) in [7, 11) is 0. The van der Waals surface area contributed by atoms with E-state index in [-0.39, 0.29) is 36.7 Å². The largest absolute Gasteiger partial charge is 0.508 e. The number of aromatic hydroxyl groups is 2. The minimum Gasteiger partial charge on any atom is -0.508 e. The number of aromatic amines is 1. The fraction of sp³-hybridized carbons (Fsp3) is 0.345. The van der Waals surface area contributed by atoms with Crippen LogP contribution >= 0.6 is 0 Å². The molecular formula is C29H34N6O7. The Morgan fingerprint density at radius 2 is 1.36 bits per heavy atom. The first-order valence-electron chi connectivity index (χ1n) is 13.6. The fourth-order valence-electron chi connectivity index (χ4n) is 4.70. The number of carboxylic acid groups (broad SMARTS) is 1. The molecule has 0 bridgehead atoms. The molecule has 1 fully saturated rings. The third-order valence-corrected chi connectivity index (χ3v) is 6.99. The molecule has 1 aliphatic rings. The van der Waals surface area contributed by atoms with Crippen molar-refractivity contribution in [3.8, 4) is 11.5 Å². The lowest BCUT2D eigenvalue weighted by molar-refractivity contribution is -0.142. The maximum atomic E-state index is 13.6. The van der Waals surface area contributed by atoms with Crippen molar-refractivity contribution in [1.29, 1.82) is 0 Å². The number of aromatic nitrogens is 2. The smallest absolute Gasteiger partial charge is 0.326 e. The van der Waals surface area contributed by atoms with Crippen LogP contribution in [-0.4, -0.2) is 79.7 Å². The van der Waals surface area contributed by atoms with Gasteiger partial charge in [0.25, 0.3) is 0 Å². The Balaban J connectivity index is 1.52. The van der Waals surface area contributed by atoms with Crippen LogP contribution in [0.2, 0.25) is 0 Å². The number of hydrogen-bond acceptors (Lipinski definition) is 8. The van der Waals surface area contributed by atoms with Crippen LogP contribution in [0.3, 0.4) is 0 Å². The maximum Gasteiger partial charge on any atom is 0.326 e. The molecule has 0 radical (unpaired) electrons. The Kier molecular flexibility index (Phi) is 10.1. The lowest BCUT2D eigenvalue weighted by atomic mass is 10.0. The fourth-order valence-corrected chi connectivity index (χ4v) is 4.70. The number of amides is 3. The van der Waals surface area contributed by atoms with E-state index in [4.69, 9.17) is 0 Å². The summed E-state index contributed by atoms with van der Waals surface area (Å²) < 4.78 is 0. The molecule has 0 aliphatic carbocycles. The standard InChI is InChI=1S/C29H34N6O7/c36-20-7-3-17(4-8-20)12-23(33-26(38)22-2-1-11-31-22)27(39)34-24(14-19-15-30-16-32-19)28(40)35-25(29(41)42)13-18-5-9-21(37)10-6-18/h3-10,15-16,22-25,31,36-37H,1-2,11-14H2,(H,30,32)(H,33,38)(H,34,39)(H,35,40)(H,41,42). The van der Waals surface area contributed by atoms with Crippen LogP contribution in [0.5, 0.6) is 11.5 Å². The van der Waals surface area contributed by atoms with Crippen LogP contribution in [0.1, 0.15) is 29.7 Å². The van der Waals surface area contributed by atoms with Crippen LogP contribution < -0.4 is 21.3 Å². The van der Waals surface area contributed by atoms with E-state index in [0.717, 1.165) is 6.42 Å². The summed E-state index contributed by atoms with van der Waals surface area (Å²) >= 11 is 0. The second-order valence-corrected chi connectivity index (χ2v) is 10.2. The zero-order chi connectivity index (χ0) is 30.1. The third kappa shape index (κ3) is 8.54. The molecule has 3 amide bonds. The first-order valence-corrected chi connectivity index (χ1v) is 13.6. The molecule has 0 spiro atoms. The Morgan fingerprint density at radius 1 is 0.810 bits per heavy atom. The molecule has 1 aromatic heterocycles. The van der Waals surface area contributed by atoms with Gasteiger partial charge in [0.15, 0.2) is 0 Å². The van der Waals surface area contributed by atoms with E-state index in [9.17, 15) is 34.5 Å². The normalized spacial score (nSPS) is 16.6. The molecule has 0 saturated carbocycles. The van der Waals surface area contributed by atoms with Crippen molar-refractivity contribution in [1.82, 2.24) is 31.2 Å². The lowest BCUT2D eigenvalue weighted by Gasteiger charge is -2.25. The zero-order valence-electron chi connectivity index (χ0n) is 22.7. The summed E-state index contributed by atoms with van der Waals surface area (Å²) in [5.74, 6) is -2.92. The Labute approximate surface area is 241 Å². The van der Waals surface area contributed by atoms with Crippen molar-refractivity contribution < 1.29 is 34.5 Å². The quantitative estimate of drug-likeness (QED) is 0.139. The van der Waals surface area contributed by atoms with Gasteiger partial charge in [0, 0.05) is 31.2 Å². The topological polar surface area (TPSA) is 206 Å². The Hall–Kier alpha value is -4.91. The number of hydrogen-bond donors (Lipinski definition) is 8. The van der Waals surface area contributed by atoms with Gasteiger partial charge in [-0.25, -0.2) is 9.78 Å². The van der Waals surface area contributed by atoms with E-state index in [1.54, 1.807) is 24.3 Å². The Morgan fingerprint density at radius 3 is 1.86 bits per heavy atom. The molecule has 222 valence electrons. The number of aliphatic carboxylic acids is 1. The summed E-state index contributed by atoms with van der Waals surface area (Å²) in [6.07, 6.45) is 4.36. The summed E-state index contributed by atoms with van der Waals surface area (Å²) in [6, 6.07) is 8.12. The number of imidazole rings is 1. The van der Waals surface area contributed by atoms with Gasteiger partial charge in [-0.1, -0.05) is 24.3 Å². The highest BCUT2D eigenvalue weighted by atomic mass is 16.4. The molecule has 8 N–H and O–H groups in total. The first kappa shape index (κ1) is 30.1. The monoisotopic (exact) mass is 578 g/mol. The van der Waals surface area contributed by atoms with Crippen LogP contribution in [0.25, 0.3) is 0 Å². The average molecular weight is 579 g/mol. The van der Waals surface area contributed by atoms with Gasteiger partial charge in [-0.15, -0.1) is 0 Å². The number of phenols is 2. The lowest BCUT2D eigenvalue weighted by Crippen LogP contribution is -2.58. The number of nitrogens with one attached hydrogen (secondary N) is 5. The predicted molar refractivity (Wildman–Crippen MR) is 150 cm³/mol. The number of carbonyl (C=O) groups excluding carboxylic acids is 3. The van der Waals surface area contributed by atoms with E-state index in [1.165, 1.54) is 36.8 Å². The molecule has 4 rings (SSSR count). The van der Waals surface area contributed by atoms with Gasteiger partial charge in [-0.2, -0.15) is 0 Å². The maximum absolute atomic E-state index is 13.6. The molecule has 42 heavy (non-hydrogen) atoms. The van der Waals surface area contributed by atoms with E-state index >= 15 is 0 Å². The third-order valence-electron chi connectivity index (χ3n) is 6.99. The molecule has 3 aromatic rings. The van der Waals surface area contributed by atoms with Gasteiger partial charge < -0.3 is 41.6 Å². The summed E-state index contributed by atoms with van der Waals surface area (Å²) in [5, 5.41) is 40.0. The number of carboxylic acids is 1. The minimum absolute atomic E-state index is 0.0207. The van der Waals surface area contributed by atoms with Crippen molar-refractivity contribution in [2.24, 2.45) is 0 Å². The van der Waals surface area contributed by atoms with Crippen LogP contribution in [0.4, 0.5) is 0 Å². The number of benzene rings is 2. The molecule has 13 nitrogen and oxygen atoms in total. The molecule has 2 heterocycles. The summed E-state index contributed by atoms with van der Waals surface area (Å²) in [5.41, 5.74) is 1.77. The molecule has 1 aliphatic heterocycles. The minimum atomic E-state index is -1.32. The van der Waals surface area contributed by atoms with Gasteiger partial charge in [-0.05, 0) is 54.8 Å². The highest BCUT2D eigenvalue weighted by Gasteiger charge is 2.32. The van der Waals surface area contributed by atoms with Gasteiger partial charge in [-0.3, -0.25) is 14.4 Å². The molecular weight excluding hydrogens is 544 g/mol. The average Bonchev–Trinajstić information content (AvgIpc) is 3.69. The Bertz CT molecular complexity index is 1360. The van der Waals surface area contributed by atoms with Gasteiger partial charge >= 0.3 is 5.97 Å². The van der Waals surface area contributed by atoms with E-state index in [1.807, 2.05) is 0 Å². The first-order chi connectivity index (χ1) is 20.2. The number of H-pyrrole nitrogens is 1. The molecule has 13 heteroatoms. The number of phenolic OH excluding ortho intramolecular Hbond substituents is 2. The predicted octanol–water partition coefficient (Wildman–Crippen LogP) is 0.140. The van der Waals surface area contributed by atoms with Gasteiger partial charge in [0.1, 0.15) is 29.6 Å². The van der Waals surface area contributed by atoms with Crippen molar-refractivity contribution >= 4 is 23.7 Å². The van der Waals surface area contributed by atoms with E-state index in [2.05, 4.69) is 31.2 Å². The highest BCUT2D eigenvalue weighted by Crippen LogP contribution is 2.14. The van der Waals surface area contributed by atoms with Gasteiger partial charge in [0.05, 0.1) is 12.4 Å². The molecule has 1 saturated heterocycles. The van der Waals surface area contributed by atoms with Crippen molar-refractivity contribution in [2.45, 2.75) is 56.3 Å². The zero-order valence-corrected chi connectivity index (χ0v) is 22.7. The summed E-state index contributed by atoms with van der Waals surface area (Å²) in [4.78, 5) is 58.8. The molecule has 2 aromatic carbocycles. The molecule has 4 unspecified atom stereocenters. The molecule has 4 atom stereocenters. The summed E-state index contributed by atoms with van der Waals surface area (Å²) in [6.45, 7) is 0.689. The second-order valence-electron chi connectivity index (χ2n) is 10.2. The second kappa shape index (κ2) is 14.1. The van der Waals surface area contributed by atoms with E-state index in [0.29, 0.717) is 29.8 Å². The highest BCUT2D eigenvalue weighted by molar-refractivity contribution is 5.94.